The third-order valence-electron chi connectivity index (χ3n) is 5.87. The minimum atomic E-state index is -0.808. The molecule has 2 N–H and O–H groups in total. The van der Waals surface area contributed by atoms with Gasteiger partial charge in [-0.1, -0.05) is 73.9 Å². The number of esters is 1. The number of nitrogens with zero attached hydrogens (tertiary/aromatic N) is 1. The molecule has 1 fully saturated rings. The molecule has 0 bridgehead atoms. The Morgan fingerprint density at radius 2 is 1.85 bits per heavy atom. The second-order valence-corrected chi connectivity index (χ2v) is 9.86. The maximum absolute atomic E-state index is 12.6. The number of hydrogen-bond acceptors (Lipinski definition) is 5. The van der Waals surface area contributed by atoms with E-state index in [0.717, 1.165) is 29.3 Å². The van der Waals surface area contributed by atoms with Gasteiger partial charge in [0.25, 0.3) is 5.91 Å². The summed E-state index contributed by atoms with van der Waals surface area (Å²) in [5, 5.41) is 5.57. The van der Waals surface area contributed by atoms with Crippen LogP contribution >= 0.6 is 28.1 Å². The molecule has 0 aromatic heterocycles. The number of amides is 2. The van der Waals surface area contributed by atoms with Crippen molar-refractivity contribution in [2.24, 2.45) is 0 Å². The van der Waals surface area contributed by atoms with Crippen LogP contribution < -0.4 is 10.6 Å². The van der Waals surface area contributed by atoms with Gasteiger partial charge in [0.05, 0.1) is 13.0 Å². The number of hydrogen-bond donors (Lipinski definition) is 2. The molecule has 0 spiro atoms. The molecule has 1 aliphatic heterocycles. The lowest BCUT2D eigenvalue weighted by molar-refractivity contribution is -0.147. The average molecular weight is 555 g/mol. The lowest BCUT2D eigenvalue weighted by Crippen LogP contribution is -2.60. The molecule has 1 heterocycles. The minimum Gasteiger partial charge on any atom is -0.466 e. The van der Waals surface area contributed by atoms with Crippen molar-refractivity contribution in [3.63, 3.8) is 0 Å². The third kappa shape index (κ3) is 9.33. The first-order valence-electron chi connectivity index (χ1n) is 12.1. The van der Waals surface area contributed by atoms with Crippen LogP contribution in [0, 0.1) is 6.92 Å². The fourth-order valence-corrected chi connectivity index (χ4v) is 4.46. The molecule has 1 aromatic rings. The van der Waals surface area contributed by atoms with Crippen LogP contribution in [0.25, 0.3) is 0 Å². The van der Waals surface area contributed by atoms with E-state index in [9.17, 15) is 14.4 Å². The van der Waals surface area contributed by atoms with Crippen LogP contribution in [0.15, 0.2) is 22.7 Å². The Balaban J connectivity index is 1.80. The van der Waals surface area contributed by atoms with Crippen LogP contribution in [0.3, 0.4) is 0 Å². The van der Waals surface area contributed by atoms with E-state index < -0.39 is 12.0 Å². The van der Waals surface area contributed by atoms with Gasteiger partial charge in [-0.05, 0) is 43.3 Å². The molecule has 1 atom stereocenters. The van der Waals surface area contributed by atoms with E-state index in [1.165, 1.54) is 32.1 Å². The highest BCUT2D eigenvalue weighted by molar-refractivity contribution is 9.10. The number of piperazine rings is 1. The average Bonchev–Trinajstić information content (AvgIpc) is 2.81. The van der Waals surface area contributed by atoms with E-state index in [1.54, 1.807) is 17.0 Å². The summed E-state index contributed by atoms with van der Waals surface area (Å²) in [4.78, 5) is 39.1. The summed E-state index contributed by atoms with van der Waals surface area (Å²) in [6.07, 6.45) is 9.18. The second-order valence-electron chi connectivity index (χ2n) is 8.62. The molecule has 1 saturated heterocycles. The fourth-order valence-electron chi connectivity index (χ4n) is 3.77. The maximum atomic E-state index is 12.6. The quantitative estimate of drug-likeness (QED) is 0.222. The highest BCUT2D eigenvalue weighted by Gasteiger charge is 2.34. The van der Waals surface area contributed by atoms with Gasteiger partial charge >= 0.3 is 5.97 Å². The fraction of sp³-hybridized carbons (Fsp3) is 0.600. The Morgan fingerprint density at radius 3 is 2.53 bits per heavy atom. The molecule has 1 unspecified atom stereocenters. The molecular weight excluding hydrogens is 518 g/mol. The highest BCUT2D eigenvalue weighted by atomic mass is 79.9. The predicted molar refractivity (Wildman–Crippen MR) is 141 cm³/mol. The monoisotopic (exact) mass is 553 g/mol. The highest BCUT2D eigenvalue weighted by Crippen LogP contribution is 2.18. The molecule has 0 radical (unpaired) electrons. The van der Waals surface area contributed by atoms with Gasteiger partial charge in [-0.15, -0.1) is 0 Å². The Labute approximate surface area is 216 Å². The van der Waals surface area contributed by atoms with Gasteiger partial charge in [0, 0.05) is 23.1 Å². The summed E-state index contributed by atoms with van der Waals surface area (Å²) < 4.78 is 6.18. The Bertz CT molecular complexity index is 865. The van der Waals surface area contributed by atoms with Crippen LogP contribution in [0.1, 0.15) is 80.6 Å². The number of nitrogens with one attached hydrogen (secondary N) is 2. The number of aryl methyl sites for hydroxylation is 1. The summed E-state index contributed by atoms with van der Waals surface area (Å²) >= 11 is 8.84. The lowest BCUT2D eigenvalue weighted by Gasteiger charge is -2.36. The zero-order valence-electron chi connectivity index (χ0n) is 20.2. The van der Waals surface area contributed by atoms with E-state index >= 15 is 0 Å². The normalized spacial score (nSPS) is 15.6. The van der Waals surface area contributed by atoms with E-state index in [1.807, 2.05) is 13.0 Å². The zero-order valence-corrected chi connectivity index (χ0v) is 22.6. The number of ether oxygens (including phenoxy) is 1. The number of benzene rings is 1. The molecule has 0 saturated carbocycles. The Hall–Kier alpha value is -2.00. The molecule has 7 nitrogen and oxygen atoms in total. The molecule has 1 aromatic carbocycles. The topological polar surface area (TPSA) is 87.7 Å². The first-order chi connectivity index (χ1) is 16.3. The lowest BCUT2D eigenvalue weighted by atomic mass is 10.1. The van der Waals surface area contributed by atoms with Crippen LogP contribution in [0.4, 0.5) is 0 Å². The van der Waals surface area contributed by atoms with Crippen LogP contribution in [-0.2, 0) is 14.3 Å². The minimum absolute atomic E-state index is 0.116. The van der Waals surface area contributed by atoms with E-state index in [0.29, 0.717) is 25.3 Å². The van der Waals surface area contributed by atoms with Crippen molar-refractivity contribution in [2.45, 2.75) is 77.7 Å². The van der Waals surface area contributed by atoms with Gasteiger partial charge in [-0.25, -0.2) is 0 Å². The smallest absolute Gasteiger partial charge is 0.308 e. The summed E-state index contributed by atoms with van der Waals surface area (Å²) in [5.41, 5.74) is 1.46. The van der Waals surface area contributed by atoms with Crippen LogP contribution in [0.2, 0.25) is 0 Å². The standard InChI is InChI=1S/C25H36BrN3O4S/c1-3-4-5-6-7-8-9-10-15-33-22(30)17-21-24(32)27-13-14-29(21)25(34)28-23(31)19-12-11-18(2)20(26)16-19/h11-12,16,21H,3-10,13-15,17H2,1-2H3,(H,27,32)(H,28,31,34). The molecule has 2 rings (SSSR count). The van der Waals surface area contributed by atoms with Gasteiger partial charge in [0.1, 0.15) is 6.04 Å². The molecule has 34 heavy (non-hydrogen) atoms. The summed E-state index contributed by atoms with van der Waals surface area (Å²) in [6.45, 7) is 5.28. The zero-order chi connectivity index (χ0) is 24.9. The van der Waals surface area contributed by atoms with Crippen LogP contribution in [0.5, 0.6) is 0 Å². The Kier molecular flexibility index (Phi) is 12.5. The van der Waals surface area contributed by atoms with Gasteiger partial charge in [0.15, 0.2) is 5.11 Å². The van der Waals surface area contributed by atoms with Crippen molar-refractivity contribution in [1.82, 2.24) is 15.5 Å². The number of halogens is 1. The first kappa shape index (κ1) is 28.2. The summed E-state index contributed by atoms with van der Waals surface area (Å²) in [7, 11) is 0. The van der Waals surface area contributed by atoms with E-state index in [4.69, 9.17) is 17.0 Å². The third-order valence-corrected chi connectivity index (χ3v) is 7.06. The SMILES string of the molecule is CCCCCCCCCCOC(=O)CC1C(=O)NCCN1C(=S)NC(=O)c1ccc(C)c(Br)c1. The summed E-state index contributed by atoms with van der Waals surface area (Å²) in [6, 6.07) is 4.45. The predicted octanol–water partition coefficient (Wildman–Crippen LogP) is 4.65. The van der Waals surface area contributed by atoms with Crippen molar-refractivity contribution < 1.29 is 19.1 Å². The van der Waals surface area contributed by atoms with Crippen molar-refractivity contribution in [3.05, 3.63) is 33.8 Å². The molecule has 188 valence electrons. The van der Waals surface area contributed by atoms with E-state index in [2.05, 4.69) is 33.5 Å². The molecular formula is C25H36BrN3O4S. The number of carbonyl (C=O) groups is 3. The number of rotatable bonds is 12. The van der Waals surface area contributed by atoms with Crippen molar-refractivity contribution >= 4 is 51.0 Å². The molecule has 0 aliphatic carbocycles. The largest absolute Gasteiger partial charge is 0.466 e. The van der Waals surface area contributed by atoms with Gasteiger partial charge in [-0.2, -0.15) is 0 Å². The molecule has 2 amide bonds. The van der Waals surface area contributed by atoms with Gasteiger partial charge in [-0.3, -0.25) is 19.7 Å². The van der Waals surface area contributed by atoms with Crippen molar-refractivity contribution in [2.75, 3.05) is 19.7 Å². The number of carbonyl (C=O) groups excluding carboxylic acids is 3. The first-order valence-corrected chi connectivity index (χ1v) is 13.3. The second kappa shape index (κ2) is 15.1. The Morgan fingerprint density at radius 1 is 1.18 bits per heavy atom. The van der Waals surface area contributed by atoms with E-state index in [-0.39, 0.29) is 23.3 Å². The van der Waals surface area contributed by atoms with Crippen molar-refractivity contribution in [1.29, 1.82) is 0 Å². The maximum Gasteiger partial charge on any atom is 0.308 e. The molecule has 9 heteroatoms. The van der Waals surface area contributed by atoms with Gasteiger partial charge in [0.2, 0.25) is 5.91 Å². The van der Waals surface area contributed by atoms with Crippen LogP contribution in [-0.4, -0.2) is 53.5 Å². The van der Waals surface area contributed by atoms with Gasteiger partial charge < -0.3 is 15.0 Å². The number of thiocarbonyl (C=S) groups is 1. The summed E-state index contributed by atoms with van der Waals surface area (Å²) in [5.74, 6) is -1.11. The van der Waals surface area contributed by atoms with Crippen molar-refractivity contribution in [3.8, 4) is 0 Å². The number of unbranched alkanes of at least 4 members (excludes halogenated alkanes) is 7. The molecule has 1 aliphatic rings.